The van der Waals surface area contributed by atoms with E-state index in [4.69, 9.17) is 28.4 Å². The van der Waals surface area contributed by atoms with Crippen molar-refractivity contribution in [1.29, 1.82) is 0 Å². The summed E-state index contributed by atoms with van der Waals surface area (Å²) in [6.45, 7) is 24.5. The second kappa shape index (κ2) is 36.9. The van der Waals surface area contributed by atoms with Crippen LogP contribution in [0.25, 0.3) is 0 Å². The van der Waals surface area contributed by atoms with E-state index in [-0.39, 0.29) is 95.0 Å². The summed E-state index contributed by atoms with van der Waals surface area (Å²) in [5.41, 5.74) is -9.62. The predicted molar refractivity (Wildman–Crippen MR) is 407 cm³/mol. The van der Waals surface area contributed by atoms with Crippen LogP contribution in [0.2, 0.25) is 0 Å². The Kier molecular flexibility index (Phi) is 30.1. The van der Waals surface area contributed by atoms with Gasteiger partial charge in [0.2, 0.25) is 17.8 Å². The van der Waals surface area contributed by atoms with Crippen molar-refractivity contribution in [1.82, 2.24) is 36.0 Å². The first-order valence-electron chi connectivity index (χ1n) is 39.8. The Morgan fingerprint density at radius 2 is 1.54 bits per heavy atom. The first-order chi connectivity index (χ1) is 51.8. The number of aliphatic carboxylic acids is 1. The maximum atomic E-state index is 17.9. The number of hydrogen-bond donors (Lipinski definition) is 11. The number of nitrogens with one attached hydrogen (secondary N) is 4. The lowest BCUT2D eigenvalue weighted by molar-refractivity contribution is -0.318. The van der Waals surface area contributed by atoms with Crippen LogP contribution in [-0.4, -0.2) is 273 Å². The van der Waals surface area contributed by atoms with Crippen molar-refractivity contribution in [3.8, 4) is 0 Å². The average molecular weight is 1570 g/mol. The highest BCUT2D eigenvalue weighted by molar-refractivity contribution is 6.03. The number of amides is 5. The first-order valence-corrected chi connectivity index (χ1v) is 39.8. The Balaban J connectivity index is 1.02. The Labute approximate surface area is 652 Å². The van der Waals surface area contributed by atoms with E-state index in [0.717, 1.165) is 6.08 Å². The molecule has 3 heterocycles. The standard InChI is InChI=1S/C81H128F2N8O20/c1-19-60-80(15,105)67(98)49(9)90(42-44(4)37-78(13,104)69(111-73-65(97)58(89(16)17)33-46(6)107-73)47(7)66(48(8)72(102)109-60)110-63-39-79(14,106-18)68(99)50(10)108-63)30-23-29-84-74(85-41-62(95)96)91(31-27-43(2)3)71(101)57(34-51-24-21-20-22-25-51)87-61(94)40-86-75(103)88-70(100)64-45(5)32-53-54-36-56(82)55-35-52(92)26-28-77(55,12)81(54,83)59(93)38-76(53,64)11/h20-22,24-26,28,35,43-50,53-54,56-60,63-69,73,93,97-99,104-105H,19,23,27,29-34,36-42H2,1-18H3,(H,84,85)(H,87,94)(H,95,96)(H2,86,88,100,103)/t44?,45-,46?,47?,48?,49?,50?,53?,54?,56+,57?,58?,59+,60?,63?,64-,65?,66?,67?,68?,69?,73?,76+,77+,78?,79?,80?,81+/m1/s1. The zero-order chi connectivity index (χ0) is 82.5. The lowest BCUT2D eigenvalue weighted by Gasteiger charge is -2.62. The number of hydrogen-bond acceptors (Lipinski definition) is 22. The van der Waals surface area contributed by atoms with Gasteiger partial charge in [0.05, 0.1) is 54.2 Å². The fraction of sp³-hybridized carbons (Fsp3) is 0.778. The molecule has 0 aromatic heterocycles. The van der Waals surface area contributed by atoms with Crippen LogP contribution >= 0.6 is 0 Å². The predicted octanol–water partition coefficient (Wildman–Crippen LogP) is 5.30. The molecule has 3 saturated heterocycles. The van der Waals surface area contributed by atoms with Crippen molar-refractivity contribution in [2.45, 2.75) is 282 Å². The number of fused-ring (bicyclic) bond motifs is 5. The van der Waals surface area contributed by atoms with Crippen LogP contribution in [0.15, 0.2) is 59.1 Å². The van der Waals surface area contributed by atoms with E-state index in [1.165, 1.54) is 38.0 Å². The number of alkyl halides is 2. The van der Waals surface area contributed by atoms with Gasteiger partial charge in [-0.15, -0.1) is 0 Å². The molecule has 0 radical (unpaired) electrons. The van der Waals surface area contributed by atoms with Gasteiger partial charge in [-0.25, -0.2) is 18.6 Å². The highest BCUT2D eigenvalue weighted by atomic mass is 19.1. The number of esters is 1. The van der Waals surface area contributed by atoms with Gasteiger partial charge in [0.15, 0.2) is 24.0 Å². The summed E-state index contributed by atoms with van der Waals surface area (Å²) in [4.78, 5) is 107. The molecule has 111 heavy (non-hydrogen) atoms. The number of carbonyl (C=O) groups is 7. The van der Waals surface area contributed by atoms with Gasteiger partial charge in [0.1, 0.15) is 48.8 Å². The van der Waals surface area contributed by atoms with Gasteiger partial charge >= 0.3 is 18.0 Å². The van der Waals surface area contributed by atoms with Gasteiger partial charge in [-0.1, -0.05) is 84.9 Å². The number of allylic oxidation sites excluding steroid dienone is 4. The molecule has 21 unspecified atom stereocenters. The quantitative estimate of drug-likeness (QED) is 0.0286. The number of carboxylic acid groups (broad SMARTS) is 1. The highest BCUT2D eigenvalue weighted by Crippen LogP contribution is 2.70. The molecule has 0 spiro atoms. The summed E-state index contributed by atoms with van der Waals surface area (Å²) in [6, 6.07) is 4.98. The number of methoxy groups -OCH3 is 1. The van der Waals surface area contributed by atoms with E-state index in [1.807, 2.05) is 51.6 Å². The van der Waals surface area contributed by atoms with Gasteiger partial charge in [0.25, 0.3) is 5.91 Å². The lowest BCUT2D eigenvalue weighted by atomic mass is 9.45. The summed E-state index contributed by atoms with van der Waals surface area (Å²) in [5.74, 6) is -10.8. The molecule has 30 heteroatoms. The zero-order valence-electron chi connectivity index (χ0n) is 68.2. The fourth-order valence-corrected chi connectivity index (χ4v) is 19.5. The lowest BCUT2D eigenvalue weighted by Crippen LogP contribution is -2.68. The Bertz CT molecular complexity index is 3500. The minimum atomic E-state index is -2.38. The van der Waals surface area contributed by atoms with Gasteiger partial charge in [-0.05, 0) is 173 Å². The van der Waals surface area contributed by atoms with Crippen LogP contribution in [-0.2, 0) is 63.6 Å². The molecular weight excluding hydrogens is 1440 g/mol. The molecule has 3 saturated carbocycles. The summed E-state index contributed by atoms with van der Waals surface area (Å²) >= 11 is 0. The summed E-state index contributed by atoms with van der Waals surface area (Å²) < 4.78 is 72.5. The molecule has 3 aliphatic heterocycles. The van der Waals surface area contributed by atoms with Crippen LogP contribution in [0.4, 0.5) is 13.6 Å². The maximum absolute atomic E-state index is 17.9. The number of carbonyl (C=O) groups excluding carboxylic acids is 6. The van der Waals surface area contributed by atoms with Crippen molar-refractivity contribution >= 4 is 47.4 Å². The van der Waals surface area contributed by atoms with Crippen molar-refractivity contribution in [2.75, 3.05) is 60.5 Å². The minimum absolute atomic E-state index is 0.00653. The second-order valence-corrected chi connectivity index (χ2v) is 34.8. The van der Waals surface area contributed by atoms with Crippen molar-refractivity contribution in [3.63, 3.8) is 0 Å². The van der Waals surface area contributed by atoms with Crippen molar-refractivity contribution in [2.24, 2.45) is 63.2 Å². The number of cyclic esters (lactones) is 1. The number of ketones is 1. The SMILES string of the molecule is CCC1OC(=O)C(C)C(OC2CC(C)(OC)C(O)C(C)O2)C(C)C(OC2OC(C)CC(N(C)C)C2O)C(C)(O)CC(C)CN(CCCNC(=NCC(=O)O)N(CCC(C)C)C(=O)C(Cc2ccccc2)NC(=O)CNC(=O)NC(=O)[C@H]2[C@H](C)CC3C4C[C@H](F)C5=CC(=O)C=C[C@]5(C)[C@@]4(F)[C@@H](O)C[C@@]32C)C(C)C(O)C1(C)O. The average Bonchev–Trinajstić information content (AvgIpc) is 1.64. The third kappa shape index (κ3) is 19.9. The van der Waals surface area contributed by atoms with Crippen LogP contribution in [0.5, 0.6) is 0 Å². The summed E-state index contributed by atoms with van der Waals surface area (Å²) in [5, 5.41) is 94.3. The molecule has 4 aliphatic carbocycles. The third-order valence-corrected chi connectivity index (χ3v) is 25.6. The largest absolute Gasteiger partial charge is 0.480 e. The summed E-state index contributed by atoms with van der Waals surface area (Å²) in [6.07, 6.45) is -10.2. The van der Waals surface area contributed by atoms with Gasteiger partial charge in [0, 0.05) is 81.4 Å². The molecule has 8 rings (SSSR count). The molecular formula is C81H128F2N8O20. The number of halogens is 2. The maximum Gasteiger partial charge on any atom is 0.325 e. The minimum Gasteiger partial charge on any atom is -0.480 e. The number of urea groups is 1. The number of aliphatic hydroxyl groups excluding tert-OH is 4. The van der Waals surface area contributed by atoms with E-state index >= 15 is 13.6 Å². The third-order valence-electron chi connectivity index (χ3n) is 25.6. The number of benzene rings is 1. The second-order valence-electron chi connectivity index (χ2n) is 34.8. The van der Waals surface area contributed by atoms with Crippen LogP contribution in [0.3, 0.4) is 0 Å². The normalized spacial score (nSPS) is 40.2. The topological polar surface area (TPSA) is 387 Å². The monoisotopic (exact) mass is 1570 g/mol. The van der Waals surface area contributed by atoms with Gasteiger partial charge < -0.3 is 85.0 Å². The first kappa shape index (κ1) is 90.5. The molecule has 11 N–H and O–H groups in total. The molecule has 0 bridgehead atoms. The molecule has 5 amide bonds. The summed E-state index contributed by atoms with van der Waals surface area (Å²) in [7, 11) is 5.13. The van der Waals surface area contributed by atoms with E-state index in [9.17, 15) is 64.5 Å². The number of rotatable bonds is 23. The number of aliphatic imine (C=N–C) groups is 1. The number of imide groups is 1. The molecule has 7 aliphatic rings. The zero-order valence-corrected chi connectivity index (χ0v) is 68.2. The van der Waals surface area contributed by atoms with Gasteiger partial charge in [-0.3, -0.25) is 43.9 Å². The Morgan fingerprint density at radius 3 is 2.17 bits per heavy atom. The van der Waals surface area contributed by atoms with E-state index in [2.05, 4.69) is 26.3 Å². The molecule has 626 valence electrons. The smallest absolute Gasteiger partial charge is 0.325 e. The van der Waals surface area contributed by atoms with Crippen molar-refractivity contribution in [3.05, 3.63) is 59.7 Å². The van der Waals surface area contributed by atoms with E-state index in [1.54, 1.807) is 92.6 Å². The molecule has 6 fully saturated rings. The molecule has 1 aromatic rings. The van der Waals surface area contributed by atoms with Crippen molar-refractivity contribution < 1.29 is 107 Å². The van der Waals surface area contributed by atoms with E-state index < -0.39 is 221 Å². The number of aliphatic hydroxyl groups is 6. The van der Waals surface area contributed by atoms with Gasteiger partial charge in [-0.2, -0.15) is 0 Å². The Hall–Kier alpha value is -6.00. The number of likely N-dealkylation sites (N-methyl/N-ethyl adjacent to an activating group) is 1. The number of ether oxygens (including phenoxy) is 6. The number of nitrogens with zero attached hydrogens (tertiary/aromatic N) is 4. The number of guanidine groups is 1. The van der Waals surface area contributed by atoms with Crippen LogP contribution < -0.4 is 21.3 Å². The molecule has 1 aromatic carbocycles. The van der Waals surface area contributed by atoms with Crippen LogP contribution in [0.1, 0.15) is 167 Å². The highest BCUT2D eigenvalue weighted by Gasteiger charge is 2.73. The molecule has 28 atom stereocenters. The molecule has 28 nitrogen and oxygen atoms in total. The number of carboxylic acids is 1. The van der Waals surface area contributed by atoms with Crippen LogP contribution in [0, 0.1) is 58.2 Å². The Morgan fingerprint density at radius 1 is 0.865 bits per heavy atom. The van der Waals surface area contributed by atoms with E-state index in [0.29, 0.717) is 18.4 Å². The fourth-order valence-electron chi connectivity index (χ4n) is 19.5.